The number of nitrogens with zero attached hydrogens (tertiary/aromatic N) is 2. The van der Waals surface area contributed by atoms with Gasteiger partial charge >= 0.3 is 5.97 Å². The van der Waals surface area contributed by atoms with E-state index in [0.29, 0.717) is 0 Å². The van der Waals surface area contributed by atoms with Crippen LogP contribution in [-0.4, -0.2) is 30.2 Å². The predicted molar refractivity (Wildman–Crippen MR) is 112 cm³/mol. The fourth-order valence-corrected chi connectivity index (χ4v) is 3.28. The van der Waals surface area contributed by atoms with Gasteiger partial charge in [0.25, 0.3) is 0 Å². The average Bonchev–Trinajstić information content (AvgIpc) is 2.73. The van der Waals surface area contributed by atoms with Gasteiger partial charge in [0.15, 0.2) is 0 Å². The normalized spacial score (nSPS) is 14.4. The minimum absolute atomic E-state index is 0.154. The van der Waals surface area contributed by atoms with Crippen LogP contribution < -0.4 is 5.01 Å². The molecule has 27 heavy (non-hydrogen) atoms. The van der Waals surface area contributed by atoms with Crippen LogP contribution in [-0.2, 0) is 9.53 Å². The number of esters is 1. The molecular formula is C23H32N2O2. The maximum Gasteiger partial charge on any atom is 0.325 e. The Labute approximate surface area is 163 Å². The lowest BCUT2D eigenvalue weighted by molar-refractivity contribution is -0.150. The van der Waals surface area contributed by atoms with Gasteiger partial charge in [0.2, 0.25) is 0 Å². The maximum absolute atomic E-state index is 12.9. The highest BCUT2D eigenvalue weighted by Gasteiger charge is 2.38. The molecule has 2 rings (SSSR count). The minimum atomic E-state index is -0.365. The van der Waals surface area contributed by atoms with E-state index < -0.39 is 0 Å². The van der Waals surface area contributed by atoms with Gasteiger partial charge in [-0.2, -0.15) is 5.01 Å². The number of methoxy groups -OCH3 is 1. The molecule has 0 radical (unpaired) electrons. The number of benzene rings is 2. The third-order valence-corrected chi connectivity index (χ3v) is 5.19. The number of hydrogen-bond acceptors (Lipinski definition) is 4. The first-order chi connectivity index (χ1) is 13.0. The lowest BCUT2D eigenvalue weighted by atomic mass is 9.97. The first kappa shape index (κ1) is 21.0. The van der Waals surface area contributed by atoms with Gasteiger partial charge in [-0.15, -0.1) is 0 Å². The Morgan fingerprint density at radius 3 is 1.74 bits per heavy atom. The van der Waals surface area contributed by atoms with Crippen molar-refractivity contribution in [3.8, 4) is 0 Å². The highest BCUT2D eigenvalue weighted by Crippen LogP contribution is 2.33. The Morgan fingerprint density at radius 2 is 1.37 bits per heavy atom. The van der Waals surface area contributed by atoms with Gasteiger partial charge in [-0.05, 0) is 43.5 Å². The van der Waals surface area contributed by atoms with Crippen molar-refractivity contribution in [1.29, 1.82) is 0 Å². The molecule has 0 bridgehead atoms. The number of hydrogen-bond donors (Lipinski definition) is 0. The first-order valence-electron chi connectivity index (χ1n) is 9.81. The summed E-state index contributed by atoms with van der Waals surface area (Å²) in [7, 11) is 1.47. The highest BCUT2D eigenvalue weighted by atomic mass is 16.5. The Balaban J connectivity index is 2.65. The second kappa shape index (κ2) is 10.1. The van der Waals surface area contributed by atoms with E-state index in [4.69, 9.17) is 4.74 Å². The van der Waals surface area contributed by atoms with E-state index in [-0.39, 0.29) is 24.0 Å². The molecule has 0 N–H and O–H groups in total. The summed E-state index contributed by atoms with van der Waals surface area (Å²) in [4.78, 5) is 12.9. The van der Waals surface area contributed by atoms with E-state index in [1.165, 1.54) is 7.11 Å². The largest absolute Gasteiger partial charge is 0.468 e. The standard InChI is InChI=1S/C23H32N2O2/c1-6-18(3)22(23(26)27-5)24(19(4)7-2)25(20-14-10-8-11-15-20)21-16-12-9-13-17-21/h8-19,22H,6-7H2,1-5H3. The van der Waals surface area contributed by atoms with Crippen LogP contribution in [0.25, 0.3) is 0 Å². The summed E-state index contributed by atoms with van der Waals surface area (Å²) in [5.41, 5.74) is 2.06. The quantitative estimate of drug-likeness (QED) is 0.436. The summed E-state index contributed by atoms with van der Waals surface area (Å²) in [6.07, 6.45) is 1.81. The van der Waals surface area contributed by atoms with E-state index >= 15 is 0 Å². The molecule has 0 fully saturated rings. The van der Waals surface area contributed by atoms with Crippen molar-refractivity contribution in [1.82, 2.24) is 5.01 Å². The number of para-hydroxylation sites is 2. The van der Waals surface area contributed by atoms with Crippen molar-refractivity contribution in [3.63, 3.8) is 0 Å². The van der Waals surface area contributed by atoms with Crippen LogP contribution in [0, 0.1) is 5.92 Å². The van der Waals surface area contributed by atoms with Crippen molar-refractivity contribution < 1.29 is 9.53 Å². The number of ether oxygens (including phenoxy) is 1. The van der Waals surface area contributed by atoms with Crippen LogP contribution in [0.5, 0.6) is 0 Å². The van der Waals surface area contributed by atoms with Crippen molar-refractivity contribution in [2.24, 2.45) is 5.92 Å². The molecule has 0 saturated carbocycles. The van der Waals surface area contributed by atoms with Gasteiger partial charge < -0.3 is 4.74 Å². The zero-order valence-electron chi connectivity index (χ0n) is 17.1. The number of anilines is 2. The molecule has 2 aromatic rings. The van der Waals surface area contributed by atoms with Crippen molar-refractivity contribution in [2.75, 3.05) is 12.1 Å². The van der Waals surface area contributed by atoms with Gasteiger partial charge in [0.1, 0.15) is 6.04 Å². The molecule has 0 spiro atoms. The third-order valence-electron chi connectivity index (χ3n) is 5.19. The topological polar surface area (TPSA) is 32.8 Å². The van der Waals surface area contributed by atoms with Gasteiger partial charge in [-0.25, -0.2) is 0 Å². The van der Waals surface area contributed by atoms with Gasteiger partial charge in [-0.1, -0.05) is 63.6 Å². The minimum Gasteiger partial charge on any atom is -0.468 e. The average molecular weight is 369 g/mol. The Morgan fingerprint density at radius 1 is 0.889 bits per heavy atom. The lowest BCUT2D eigenvalue weighted by Gasteiger charge is -2.45. The Hall–Kier alpha value is -2.33. The zero-order chi connectivity index (χ0) is 19.8. The van der Waals surface area contributed by atoms with Gasteiger partial charge in [0, 0.05) is 6.04 Å². The highest BCUT2D eigenvalue weighted by molar-refractivity contribution is 5.77. The molecule has 0 aliphatic carbocycles. The second-order valence-corrected chi connectivity index (χ2v) is 6.97. The van der Waals surface area contributed by atoms with Crippen LogP contribution >= 0.6 is 0 Å². The molecule has 0 aromatic heterocycles. The Bertz CT molecular complexity index is 651. The predicted octanol–water partition coefficient (Wildman–Crippen LogP) is 5.43. The zero-order valence-corrected chi connectivity index (χ0v) is 17.1. The molecule has 0 amide bonds. The Kier molecular flexibility index (Phi) is 7.86. The molecule has 0 aliphatic heterocycles. The molecule has 146 valence electrons. The fraction of sp³-hybridized carbons (Fsp3) is 0.435. The molecule has 4 heteroatoms. The molecule has 0 saturated heterocycles. The first-order valence-corrected chi connectivity index (χ1v) is 9.81. The summed E-state index contributed by atoms with van der Waals surface area (Å²) in [5, 5.41) is 4.37. The summed E-state index contributed by atoms with van der Waals surface area (Å²) in [5.74, 6) is -0.0390. The van der Waals surface area contributed by atoms with Gasteiger partial charge in [0.05, 0.1) is 18.5 Å². The molecule has 3 atom stereocenters. The summed E-state index contributed by atoms with van der Waals surface area (Å²) < 4.78 is 5.23. The van der Waals surface area contributed by atoms with E-state index in [1.807, 2.05) is 36.4 Å². The molecule has 0 heterocycles. The van der Waals surface area contributed by atoms with Crippen LogP contribution in [0.4, 0.5) is 11.4 Å². The molecule has 2 aromatic carbocycles. The van der Waals surface area contributed by atoms with Crippen molar-refractivity contribution in [2.45, 2.75) is 52.6 Å². The van der Waals surface area contributed by atoms with E-state index in [0.717, 1.165) is 24.2 Å². The van der Waals surface area contributed by atoms with Gasteiger partial charge in [-0.3, -0.25) is 9.80 Å². The van der Waals surface area contributed by atoms with E-state index in [1.54, 1.807) is 0 Å². The van der Waals surface area contributed by atoms with Crippen LogP contribution in [0.3, 0.4) is 0 Å². The summed E-state index contributed by atoms with van der Waals surface area (Å²) in [6.45, 7) is 8.55. The number of rotatable bonds is 9. The SMILES string of the molecule is CCC(C)C(C(=O)OC)N(C(C)CC)N(c1ccccc1)c1ccccc1. The van der Waals surface area contributed by atoms with E-state index in [9.17, 15) is 4.79 Å². The number of carbonyl (C=O) groups is 1. The molecule has 0 aliphatic rings. The van der Waals surface area contributed by atoms with E-state index in [2.05, 4.69) is 62.0 Å². The van der Waals surface area contributed by atoms with Crippen LogP contribution in [0.2, 0.25) is 0 Å². The van der Waals surface area contributed by atoms with Crippen molar-refractivity contribution in [3.05, 3.63) is 60.7 Å². The molecular weight excluding hydrogens is 336 g/mol. The molecule has 4 nitrogen and oxygen atoms in total. The monoisotopic (exact) mass is 368 g/mol. The number of hydrazine groups is 1. The summed E-state index contributed by atoms with van der Waals surface area (Å²) in [6, 6.07) is 20.2. The summed E-state index contributed by atoms with van der Waals surface area (Å²) >= 11 is 0. The number of carbonyl (C=O) groups excluding carboxylic acids is 1. The van der Waals surface area contributed by atoms with Crippen LogP contribution in [0.15, 0.2) is 60.7 Å². The smallest absolute Gasteiger partial charge is 0.325 e. The fourth-order valence-electron chi connectivity index (χ4n) is 3.28. The van der Waals surface area contributed by atoms with Crippen molar-refractivity contribution >= 4 is 17.3 Å². The maximum atomic E-state index is 12.9. The second-order valence-electron chi connectivity index (χ2n) is 6.97. The lowest BCUT2D eigenvalue weighted by Crippen LogP contribution is -2.57. The third kappa shape index (κ3) is 4.89. The van der Waals surface area contributed by atoms with Crippen LogP contribution in [0.1, 0.15) is 40.5 Å². The molecule has 3 unspecified atom stereocenters.